The summed E-state index contributed by atoms with van der Waals surface area (Å²) in [7, 11) is 0. The average molecular weight is 484 g/mol. The Morgan fingerprint density at radius 2 is 2.00 bits per heavy atom. The van der Waals surface area contributed by atoms with Gasteiger partial charge in [0.15, 0.2) is 5.13 Å². The molecule has 5 aromatic rings. The maximum atomic E-state index is 13.1. The van der Waals surface area contributed by atoms with Gasteiger partial charge in [0, 0.05) is 34.4 Å². The van der Waals surface area contributed by atoms with E-state index in [-0.39, 0.29) is 5.91 Å². The van der Waals surface area contributed by atoms with Gasteiger partial charge in [0.25, 0.3) is 5.91 Å². The summed E-state index contributed by atoms with van der Waals surface area (Å²) < 4.78 is 0. The van der Waals surface area contributed by atoms with Crippen LogP contribution in [0.15, 0.2) is 66.3 Å². The van der Waals surface area contributed by atoms with Crippen LogP contribution in [-0.2, 0) is 12.8 Å². The van der Waals surface area contributed by atoms with Gasteiger partial charge < -0.3 is 5.73 Å². The second-order valence-electron chi connectivity index (χ2n) is 8.38. The summed E-state index contributed by atoms with van der Waals surface area (Å²) in [6, 6.07) is 16.6. The van der Waals surface area contributed by atoms with Gasteiger partial charge in [-0.15, -0.1) is 22.7 Å². The molecule has 1 aliphatic carbocycles. The molecule has 168 valence electrons. The first kappa shape index (κ1) is 20.9. The molecule has 1 atom stereocenters. The normalized spacial score (nSPS) is 15.2. The standard InChI is InChI=1S/C26H21N5OS2/c27-22-19-12-18-11-16(15-5-2-1-3-6-15)8-9-20(18)29-25(19)34-23(22)24(32)31-26-30-21(14-33-26)17-7-4-10-28-13-17/h1-7,10,12-14,16H,8-9,11,27H2,(H,30,31,32). The summed E-state index contributed by atoms with van der Waals surface area (Å²) >= 11 is 2.72. The molecule has 0 aliphatic heterocycles. The van der Waals surface area contributed by atoms with Crippen molar-refractivity contribution in [3.63, 3.8) is 0 Å². The molecule has 4 heterocycles. The van der Waals surface area contributed by atoms with E-state index in [0.29, 0.717) is 21.6 Å². The Balaban J connectivity index is 1.26. The first-order chi connectivity index (χ1) is 16.7. The maximum absolute atomic E-state index is 13.1. The molecule has 8 heteroatoms. The van der Waals surface area contributed by atoms with Crippen LogP contribution in [0, 0.1) is 0 Å². The fourth-order valence-electron chi connectivity index (χ4n) is 4.50. The van der Waals surface area contributed by atoms with Crippen LogP contribution >= 0.6 is 22.7 Å². The largest absolute Gasteiger partial charge is 0.397 e. The zero-order valence-corrected chi connectivity index (χ0v) is 19.8. The van der Waals surface area contributed by atoms with Gasteiger partial charge in [-0.1, -0.05) is 30.3 Å². The number of pyridine rings is 2. The number of nitrogens with two attached hydrogens (primary N) is 1. The molecule has 3 N–H and O–H groups in total. The van der Waals surface area contributed by atoms with Crippen LogP contribution in [0.25, 0.3) is 21.5 Å². The highest BCUT2D eigenvalue weighted by Crippen LogP contribution is 2.38. The zero-order chi connectivity index (χ0) is 23.1. The second-order valence-corrected chi connectivity index (χ2v) is 10.2. The van der Waals surface area contributed by atoms with Gasteiger partial charge in [0.1, 0.15) is 9.71 Å². The highest BCUT2D eigenvalue weighted by atomic mass is 32.1. The third-order valence-corrected chi connectivity index (χ3v) is 8.12. The lowest BCUT2D eigenvalue weighted by molar-refractivity contribution is 0.103. The molecule has 0 saturated carbocycles. The topological polar surface area (TPSA) is 93.8 Å². The first-order valence-electron chi connectivity index (χ1n) is 11.1. The van der Waals surface area contributed by atoms with Crippen LogP contribution < -0.4 is 11.1 Å². The molecule has 6 rings (SSSR count). The molecule has 0 radical (unpaired) electrons. The molecule has 1 amide bonds. The molecule has 0 bridgehead atoms. The van der Waals surface area contributed by atoms with Crippen LogP contribution in [0.4, 0.5) is 10.8 Å². The van der Waals surface area contributed by atoms with Gasteiger partial charge >= 0.3 is 0 Å². The highest BCUT2D eigenvalue weighted by molar-refractivity contribution is 7.21. The molecule has 6 nitrogen and oxygen atoms in total. The van der Waals surface area contributed by atoms with Crippen LogP contribution in [0.1, 0.15) is 38.8 Å². The molecule has 0 saturated heterocycles. The predicted octanol–water partition coefficient (Wildman–Crippen LogP) is 5.92. The van der Waals surface area contributed by atoms with E-state index in [9.17, 15) is 4.79 Å². The molecule has 34 heavy (non-hydrogen) atoms. The van der Waals surface area contributed by atoms with Gasteiger partial charge in [0.05, 0.1) is 11.4 Å². The molecule has 1 aliphatic rings. The number of thiophene rings is 1. The lowest BCUT2D eigenvalue weighted by atomic mass is 9.82. The number of aromatic nitrogens is 3. The second kappa shape index (κ2) is 8.62. The number of hydrogen-bond donors (Lipinski definition) is 2. The third-order valence-electron chi connectivity index (χ3n) is 6.24. The summed E-state index contributed by atoms with van der Waals surface area (Å²) in [6.07, 6.45) is 6.42. The highest BCUT2D eigenvalue weighted by Gasteiger charge is 2.25. The van der Waals surface area contributed by atoms with E-state index in [1.807, 2.05) is 17.5 Å². The molecule has 1 unspecified atom stereocenters. The van der Waals surface area contributed by atoms with E-state index in [1.54, 1.807) is 12.4 Å². The lowest BCUT2D eigenvalue weighted by Gasteiger charge is -2.24. The number of benzene rings is 1. The molecular weight excluding hydrogens is 462 g/mol. The molecular formula is C26H21N5OS2. The molecule has 0 spiro atoms. The fraction of sp³-hybridized carbons (Fsp3) is 0.154. The van der Waals surface area contributed by atoms with Crippen molar-refractivity contribution in [2.45, 2.75) is 25.2 Å². The molecule has 4 aromatic heterocycles. The fourth-order valence-corrected chi connectivity index (χ4v) is 6.21. The Labute approximate surface area is 204 Å². The van der Waals surface area contributed by atoms with Crippen molar-refractivity contribution < 1.29 is 4.79 Å². The lowest BCUT2D eigenvalue weighted by Crippen LogP contribution is -2.14. The number of nitrogen functional groups attached to an aromatic ring is 1. The summed E-state index contributed by atoms with van der Waals surface area (Å²) in [6.45, 7) is 0. The first-order valence-corrected chi connectivity index (χ1v) is 12.8. The SMILES string of the molecule is Nc1c(C(=O)Nc2nc(-c3cccnc3)cs2)sc2nc3c(cc12)CC(c1ccccc1)CC3. The molecule has 1 aromatic carbocycles. The quantitative estimate of drug-likeness (QED) is 0.331. The Kier molecular flexibility index (Phi) is 5.31. The van der Waals surface area contributed by atoms with Gasteiger partial charge in [-0.3, -0.25) is 15.1 Å². The van der Waals surface area contributed by atoms with Crippen molar-refractivity contribution in [2.75, 3.05) is 11.1 Å². The van der Waals surface area contributed by atoms with E-state index in [2.05, 4.69) is 51.7 Å². The number of fused-ring (bicyclic) bond motifs is 2. The van der Waals surface area contributed by atoms with E-state index in [1.165, 1.54) is 33.8 Å². The minimum atomic E-state index is -0.257. The van der Waals surface area contributed by atoms with Crippen molar-refractivity contribution in [3.8, 4) is 11.3 Å². The van der Waals surface area contributed by atoms with E-state index in [4.69, 9.17) is 10.7 Å². The van der Waals surface area contributed by atoms with Crippen molar-refractivity contribution >= 4 is 49.6 Å². The van der Waals surface area contributed by atoms with Gasteiger partial charge in [-0.05, 0) is 54.5 Å². The number of rotatable bonds is 4. The number of thiazole rings is 1. The number of nitrogens with zero attached hydrogens (tertiary/aromatic N) is 3. The number of nitrogens with one attached hydrogen (secondary N) is 1. The number of carbonyl (C=O) groups excluding carboxylic acids is 1. The summed E-state index contributed by atoms with van der Waals surface area (Å²) in [5, 5.41) is 6.19. The Bertz CT molecular complexity index is 1490. The van der Waals surface area contributed by atoms with Crippen molar-refractivity contribution in [1.29, 1.82) is 0 Å². The number of hydrogen-bond acceptors (Lipinski definition) is 7. The average Bonchev–Trinajstić information content (AvgIpc) is 3.48. The maximum Gasteiger partial charge on any atom is 0.269 e. The summed E-state index contributed by atoms with van der Waals surface area (Å²) in [4.78, 5) is 27.9. The minimum Gasteiger partial charge on any atom is -0.397 e. The number of carbonyl (C=O) groups is 1. The van der Waals surface area contributed by atoms with Crippen molar-refractivity contribution in [1.82, 2.24) is 15.0 Å². The smallest absolute Gasteiger partial charge is 0.269 e. The number of anilines is 2. The summed E-state index contributed by atoms with van der Waals surface area (Å²) in [5.41, 5.74) is 12.3. The Morgan fingerprint density at radius 1 is 1.12 bits per heavy atom. The number of aryl methyl sites for hydroxylation is 1. The Hall–Kier alpha value is -3.62. The van der Waals surface area contributed by atoms with E-state index >= 15 is 0 Å². The van der Waals surface area contributed by atoms with Crippen LogP contribution in [0.2, 0.25) is 0 Å². The monoisotopic (exact) mass is 483 g/mol. The summed E-state index contributed by atoms with van der Waals surface area (Å²) in [5.74, 6) is 0.224. The van der Waals surface area contributed by atoms with Gasteiger partial charge in [-0.25, -0.2) is 9.97 Å². The predicted molar refractivity (Wildman–Crippen MR) is 139 cm³/mol. The van der Waals surface area contributed by atoms with Crippen LogP contribution in [-0.4, -0.2) is 20.9 Å². The van der Waals surface area contributed by atoms with Gasteiger partial charge in [0.2, 0.25) is 0 Å². The van der Waals surface area contributed by atoms with Crippen molar-refractivity contribution in [3.05, 3.63) is 88.0 Å². The third kappa shape index (κ3) is 3.85. The Morgan fingerprint density at radius 3 is 2.82 bits per heavy atom. The van der Waals surface area contributed by atoms with Gasteiger partial charge in [-0.2, -0.15) is 0 Å². The van der Waals surface area contributed by atoms with Crippen LogP contribution in [0.5, 0.6) is 0 Å². The minimum absolute atomic E-state index is 0.257. The number of amides is 1. The van der Waals surface area contributed by atoms with Crippen LogP contribution in [0.3, 0.4) is 0 Å². The van der Waals surface area contributed by atoms with Crippen molar-refractivity contribution in [2.24, 2.45) is 0 Å². The molecule has 0 fully saturated rings. The van der Waals surface area contributed by atoms with E-state index < -0.39 is 0 Å². The van der Waals surface area contributed by atoms with E-state index in [0.717, 1.165) is 46.4 Å². The zero-order valence-electron chi connectivity index (χ0n) is 18.2.